The summed E-state index contributed by atoms with van der Waals surface area (Å²) < 4.78 is 0. The number of aliphatic imine (C=N–C) groups is 1. The van der Waals surface area contributed by atoms with E-state index in [1.165, 1.54) is 6.42 Å². The highest BCUT2D eigenvalue weighted by atomic mass is 16.2. The molecule has 0 bridgehead atoms. The third-order valence-corrected chi connectivity index (χ3v) is 5.70. The molecule has 7 heteroatoms. The predicted molar refractivity (Wildman–Crippen MR) is 124 cm³/mol. The van der Waals surface area contributed by atoms with Crippen molar-refractivity contribution in [1.29, 1.82) is 0 Å². The largest absolute Gasteiger partial charge is 0.357 e. The lowest BCUT2D eigenvalue weighted by atomic mass is 10.2. The van der Waals surface area contributed by atoms with Crippen molar-refractivity contribution in [2.24, 2.45) is 4.99 Å². The van der Waals surface area contributed by atoms with E-state index in [0.29, 0.717) is 6.04 Å². The maximum Gasteiger partial charge on any atom is 0.239 e. The molecule has 1 fully saturated rings. The van der Waals surface area contributed by atoms with Gasteiger partial charge in [0, 0.05) is 39.8 Å². The first kappa shape index (κ1) is 25.7. The number of hydrogen-bond donors (Lipinski definition) is 2. The van der Waals surface area contributed by atoms with E-state index < -0.39 is 0 Å². The van der Waals surface area contributed by atoms with Gasteiger partial charge >= 0.3 is 0 Å². The van der Waals surface area contributed by atoms with Gasteiger partial charge in [-0.15, -0.1) is 0 Å². The van der Waals surface area contributed by atoms with Crippen molar-refractivity contribution in [3.05, 3.63) is 0 Å². The molecule has 0 saturated carbocycles. The van der Waals surface area contributed by atoms with Gasteiger partial charge < -0.3 is 20.4 Å². The van der Waals surface area contributed by atoms with Crippen LogP contribution in [-0.4, -0.2) is 98.6 Å². The molecule has 1 saturated heterocycles. The summed E-state index contributed by atoms with van der Waals surface area (Å²) in [7, 11) is 3.70. The summed E-state index contributed by atoms with van der Waals surface area (Å²) in [6.45, 7) is 15.8. The van der Waals surface area contributed by atoms with Gasteiger partial charge in [0.15, 0.2) is 5.96 Å². The van der Waals surface area contributed by atoms with E-state index in [9.17, 15) is 4.79 Å². The van der Waals surface area contributed by atoms with Crippen molar-refractivity contribution in [3.8, 4) is 0 Å². The van der Waals surface area contributed by atoms with Gasteiger partial charge in [-0.2, -0.15) is 0 Å². The van der Waals surface area contributed by atoms with Crippen molar-refractivity contribution < 1.29 is 4.79 Å². The van der Waals surface area contributed by atoms with Crippen LogP contribution < -0.4 is 10.6 Å². The molecule has 1 aliphatic rings. The summed E-state index contributed by atoms with van der Waals surface area (Å²) in [5.41, 5.74) is 0. The van der Waals surface area contributed by atoms with E-state index >= 15 is 0 Å². The number of rotatable bonds is 13. The number of likely N-dealkylation sites (tertiary alicyclic amines) is 1. The molecule has 0 aliphatic carbocycles. The standard InChI is InChI=1S/C22H46N6O/c1-7-23-22(25-19(4)13-10-16-27(8-2)9-3)24-15-12-18-28-17-11-14-20(28)21(29)26(5)6/h19-20H,7-18H2,1-6H3,(H2,23,24,25). The topological polar surface area (TPSA) is 63.2 Å². The van der Waals surface area contributed by atoms with Crippen LogP contribution in [0.2, 0.25) is 0 Å². The van der Waals surface area contributed by atoms with E-state index in [4.69, 9.17) is 4.99 Å². The Morgan fingerprint density at radius 2 is 1.93 bits per heavy atom. The minimum absolute atomic E-state index is 0.0613. The quantitative estimate of drug-likeness (QED) is 0.276. The average molecular weight is 411 g/mol. The van der Waals surface area contributed by atoms with Gasteiger partial charge in [0.1, 0.15) is 0 Å². The van der Waals surface area contributed by atoms with Crippen LogP contribution in [0.1, 0.15) is 59.8 Å². The van der Waals surface area contributed by atoms with Crippen LogP contribution in [0.5, 0.6) is 0 Å². The summed E-state index contributed by atoms with van der Waals surface area (Å²) in [4.78, 5) is 23.6. The number of hydrogen-bond acceptors (Lipinski definition) is 4. The smallest absolute Gasteiger partial charge is 0.239 e. The first-order valence-corrected chi connectivity index (χ1v) is 11.6. The summed E-state index contributed by atoms with van der Waals surface area (Å²) >= 11 is 0. The lowest BCUT2D eigenvalue weighted by Crippen LogP contribution is -2.43. The molecule has 0 aromatic rings. The summed E-state index contributed by atoms with van der Waals surface area (Å²) in [5, 5.41) is 6.90. The highest BCUT2D eigenvalue weighted by Gasteiger charge is 2.30. The summed E-state index contributed by atoms with van der Waals surface area (Å²) in [5.74, 6) is 1.14. The molecule has 0 aromatic heterocycles. The van der Waals surface area contributed by atoms with E-state index in [-0.39, 0.29) is 11.9 Å². The van der Waals surface area contributed by atoms with Gasteiger partial charge in [-0.25, -0.2) is 0 Å². The lowest BCUT2D eigenvalue weighted by molar-refractivity contribution is -0.133. The SMILES string of the molecule is CCNC(=NCCCN1CCCC1C(=O)N(C)C)NC(C)CCCN(CC)CC. The van der Waals surface area contributed by atoms with Crippen LogP contribution >= 0.6 is 0 Å². The molecule has 1 amide bonds. The van der Waals surface area contributed by atoms with Crippen molar-refractivity contribution in [3.63, 3.8) is 0 Å². The van der Waals surface area contributed by atoms with Crippen molar-refractivity contribution in [1.82, 2.24) is 25.3 Å². The molecule has 2 N–H and O–H groups in total. The molecule has 0 spiro atoms. The number of nitrogens with zero attached hydrogens (tertiary/aromatic N) is 4. The molecule has 29 heavy (non-hydrogen) atoms. The van der Waals surface area contributed by atoms with Gasteiger partial charge in [0.05, 0.1) is 6.04 Å². The van der Waals surface area contributed by atoms with Gasteiger partial charge in [0.2, 0.25) is 5.91 Å². The average Bonchev–Trinajstić information content (AvgIpc) is 3.16. The van der Waals surface area contributed by atoms with Gasteiger partial charge in [0.25, 0.3) is 0 Å². The number of carbonyl (C=O) groups excluding carboxylic acids is 1. The molecule has 1 aliphatic heterocycles. The fraction of sp³-hybridized carbons (Fsp3) is 0.909. The number of guanidine groups is 1. The Hall–Kier alpha value is -1.34. The first-order valence-electron chi connectivity index (χ1n) is 11.6. The second-order valence-corrected chi connectivity index (χ2v) is 8.26. The molecule has 170 valence electrons. The monoisotopic (exact) mass is 410 g/mol. The Bertz CT molecular complexity index is 478. The molecular weight excluding hydrogens is 364 g/mol. The maximum absolute atomic E-state index is 12.3. The molecule has 0 radical (unpaired) electrons. The second kappa shape index (κ2) is 14.6. The molecule has 0 aromatic carbocycles. The highest BCUT2D eigenvalue weighted by Crippen LogP contribution is 2.18. The minimum Gasteiger partial charge on any atom is -0.357 e. The van der Waals surface area contributed by atoms with E-state index in [2.05, 4.69) is 48.1 Å². The number of amides is 1. The summed E-state index contributed by atoms with van der Waals surface area (Å²) in [6.07, 6.45) is 5.41. The Kier molecular flexibility index (Phi) is 12.9. The fourth-order valence-corrected chi connectivity index (χ4v) is 3.92. The van der Waals surface area contributed by atoms with E-state index in [1.807, 2.05) is 14.1 Å². The predicted octanol–water partition coefficient (Wildman–Crippen LogP) is 1.99. The minimum atomic E-state index is 0.0613. The van der Waals surface area contributed by atoms with Crippen molar-refractivity contribution >= 4 is 11.9 Å². The fourth-order valence-electron chi connectivity index (χ4n) is 3.92. The van der Waals surface area contributed by atoms with Gasteiger partial charge in [-0.3, -0.25) is 14.7 Å². The third kappa shape index (κ3) is 9.81. The van der Waals surface area contributed by atoms with Crippen LogP contribution in [0.3, 0.4) is 0 Å². The van der Waals surface area contributed by atoms with Crippen LogP contribution in [-0.2, 0) is 4.79 Å². The Balaban J connectivity index is 2.38. The molecule has 1 rings (SSSR count). The van der Waals surface area contributed by atoms with Crippen LogP contribution in [0, 0.1) is 0 Å². The zero-order valence-corrected chi connectivity index (χ0v) is 19.8. The van der Waals surface area contributed by atoms with E-state index in [1.54, 1.807) is 4.90 Å². The Morgan fingerprint density at radius 1 is 1.21 bits per heavy atom. The van der Waals surface area contributed by atoms with Crippen molar-refractivity contribution in [2.75, 3.05) is 59.9 Å². The molecular formula is C22H46N6O. The van der Waals surface area contributed by atoms with Gasteiger partial charge in [-0.05, 0) is 72.1 Å². The molecule has 1 heterocycles. The Labute approximate surface area is 179 Å². The van der Waals surface area contributed by atoms with Crippen LogP contribution in [0.4, 0.5) is 0 Å². The molecule has 2 atom stereocenters. The second-order valence-electron chi connectivity index (χ2n) is 8.26. The number of carbonyl (C=O) groups is 1. The van der Waals surface area contributed by atoms with Crippen molar-refractivity contribution in [2.45, 2.75) is 71.9 Å². The number of likely N-dealkylation sites (N-methyl/N-ethyl adjacent to an activating group) is 1. The molecule has 2 unspecified atom stereocenters. The third-order valence-electron chi connectivity index (χ3n) is 5.70. The zero-order chi connectivity index (χ0) is 21.6. The maximum atomic E-state index is 12.3. The summed E-state index contributed by atoms with van der Waals surface area (Å²) in [6, 6.07) is 0.468. The van der Waals surface area contributed by atoms with E-state index in [0.717, 1.165) is 77.5 Å². The normalized spacial score (nSPS) is 18.9. The number of nitrogens with one attached hydrogen (secondary N) is 2. The highest BCUT2D eigenvalue weighted by molar-refractivity contribution is 5.81. The van der Waals surface area contributed by atoms with Crippen LogP contribution in [0.15, 0.2) is 4.99 Å². The van der Waals surface area contributed by atoms with Gasteiger partial charge in [-0.1, -0.05) is 13.8 Å². The van der Waals surface area contributed by atoms with Crippen LogP contribution in [0.25, 0.3) is 0 Å². The Morgan fingerprint density at radius 3 is 2.55 bits per heavy atom. The zero-order valence-electron chi connectivity index (χ0n) is 19.8. The molecule has 7 nitrogen and oxygen atoms in total. The lowest BCUT2D eigenvalue weighted by Gasteiger charge is -2.25. The first-order chi connectivity index (χ1) is 13.9.